The molecule has 0 saturated carbocycles. The first-order valence-corrected chi connectivity index (χ1v) is 6.19. The molecule has 2 aromatic rings. The number of benzene rings is 1. The lowest BCUT2D eigenvalue weighted by atomic mass is 10.1. The van der Waals surface area contributed by atoms with E-state index in [4.69, 9.17) is 11.6 Å². The summed E-state index contributed by atoms with van der Waals surface area (Å²) >= 11 is 5.98. The van der Waals surface area contributed by atoms with Gasteiger partial charge in [0.2, 0.25) is 5.78 Å². The Bertz CT molecular complexity index is 796. The van der Waals surface area contributed by atoms with E-state index in [-0.39, 0.29) is 22.4 Å². The predicted molar refractivity (Wildman–Crippen MR) is 75.4 cm³/mol. The van der Waals surface area contributed by atoms with Crippen molar-refractivity contribution in [3.05, 3.63) is 53.3 Å². The maximum atomic E-state index is 11.7. The van der Waals surface area contributed by atoms with Crippen LogP contribution in [-0.2, 0) is 9.59 Å². The summed E-state index contributed by atoms with van der Waals surface area (Å²) in [7, 11) is 0. The summed E-state index contributed by atoms with van der Waals surface area (Å²) in [6, 6.07) is 7.27. The van der Waals surface area contributed by atoms with Gasteiger partial charge in [-0.2, -0.15) is 0 Å². The summed E-state index contributed by atoms with van der Waals surface area (Å²) in [5, 5.41) is 12.3. The van der Waals surface area contributed by atoms with Crippen molar-refractivity contribution < 1.29 is 9.59 Å². The van der Waals surface area contributed by atoms with Gasteiger partial charge < -0.3 is 5.32 Å². The van der Waals surface area contributed by atoms with Crippen molar-refractivity contribution in [2.24, 2.45) is 0 Å². The molecule has 1 N–H and O–H groups in total. The van der Waals surface area contributed by atoms with Crippen molar-refractivity contribution in [3.8, 4) is 0 Å². The molecule has 0 radical (unpaired) electrons. The normalized spacial score (nSPS) is 14.6. The number of fused-ring (bicyclic) bond motifs is 1. The van der Waals surface area contributed by atoms with Gasteiger partial charge in [0.15, 0.2) is 16.8 Å². The average Bonchev–Trinajstić information content (AvgIpc) is 2.46. The van der Waals surface area contributed by atoms with Crippen LogP contribution in [-0.4, -0.2) is 21.8 Å². The van der Waals surface area contributed by atoms with E-state index >= 15 is 0 Å². The third kappa shape index (κ3) is 2.19. The minimum atomic E-state index is -0.287. The van der Waals surface area contributed by atoms with E-state index in [1.54, 1.807) is 6.07 Å². The summed E-state index contributed by atoms with van der Waals surface area (Å²) in [4.78, 5) is 23.0. The second kappa shape index (κ2) is 4.86. The summed E-state index contributed by atoms with van der Waals surface area (Å²) in [5.41, 5.74) is 0.166. The van der Waals surface area contributed by atoms with Crippen LogP contribution in [0.3, 0.4) is 0 Å². The molecule has 0 bridgehead atoms. The Morgan fingerprint density at radius 1 is 1.00 bits per heavy atom. The Hall–Kier alpha value is -2.53. The molecular weight excluding hydrogens is 278 g/mol. The van der Waals surface area contributed by atoms with Crippen molar-refractivity contribution in [1.29, 1.82) is 0 Å². The van der Waals surface area contributed by atoms with Gasteiger partial charge in [0.05, 0.1) is 5.70 Å². The average molecular weight is 286 g/mol. The zero-order valence-corrected chi connectivity index (χ0v) is 10.9. The van der Waals surface area contributed by atoms with Crippen LogP contribution in [0.1, 0.15) is 0 Å². The molecule has 3 rings (SSSR count). The van der Waals surface area contributed by atoms with E-state index in [1.807, 2.05) is 18.2 Å². The van der Waals surface area contributed by atoms with Crippen molar-refractivity contribution in [2.75, 3.05) is 5.32 Å². The van der Waals surface area contributed by atoms with Crippen molar-refractivity contribution in [2.45, 2.75) is 0 Å². The Kier molecular flexibility index (Phi) is 3.04. The zero-order valence-electron chi connectivity index (χ0n) is 10.1. The predicted octanol–water partition coefficient (Wildman–Crippen LogP) is 2.29. The topological polar surface area (TPSA) is 72.0 Å². The van der Waals surface area contributed by atoms with Crippen molar-refractivity contribution in [1.82, 2.24) is 10.2 Å². The van der Waals surface area contributed by atoms with Gasteiger partial charge in [-0.25, -0.2) is 0 Å². The third-order valence-corrected chi connectivity index (χ3v) is 3.13. The summed E-state index contributed by atoms with van der Waals surface area (Å²) in [6.07, 6.45) is 3.67. The Morgan fingerprint density at radius 3 is 2.55 bits per heavy atom. The number of carbonyl (C=O) groups excluding carboxylic acids is 2. The summed E-state index contributed by atoms with van der Waals surface area (Å²) in [5.74, 6) is -0.156. The number of hydrogen-bond acceptors (Lipinski definition) is 5. The van der Waals surface area contributed by atoms with E-state index in [2.05, 4.69) is 15.5 Å². The van der Waals surface area contributed by atoms with Gasteiger partial charge in [0.1, 0.15) is 0 Å². The lowest BCUT2D eigenvalue weighted by Gasteiger charge is -2.11. The number of nitrogens with one attached hydrogen (secondary N) is 1. The largest absolute Gasteiger partial charge is 0.335 e. The first kappa shape index (κ1) is 12.5. The summed E-state index contributed by atoms with van der Waals surface area (Å²) < 4.78 is 0. The third-order valence-electron chi connectivity index (χ3n) is 2.85. The first-order valence-electron chi connectivity index (χ1n) is 5.81. The molecule has 1 aromatic carbocycles. The van der Waals surface area contributed by atoms with E-state index in [9.17, 15) is 9.59 Å². The van der Waals surface area contributed by atoms with Crippen LogP contribution < -0.4 is 5.32 Å². The second-order valence-electron chi connectivity index (χ2n) is 4.17. The highest BCUT2D eigenvalue weighted by Crippen LogP contribution is 2.26. The highest BCUT2D eigenvalue weighted by atomic mass is 35.5. The molecule has 0 saturated heterocycles. The van der Waals surface area contributed by atoms with Gasteiger partial charge >= 0.3 is 0 Å². The molecular formula is C14H8ClN3O2. The summed E-state index contributed by atoms with van der Waals surface area (Å²) in [6.45, 7) is 0. The number of ketones is 2. The minimum absolute atomic E-state index is 0.166. The lowest BCUT2D eigenvalue weighted by Crippen LogP contribution is -2.15. The van der Waals surface area contributed by atoms with Gasteiger partial charge in [-0.15, -0.1) is 10.2 Å². The van der Waals surface area contributed by atoms with E-state index in [0.717, 1.165) is 10.8 Å². The Balaban J connectivity index is 2.06. The van der Waals surface area contributed by atoms with Crippen LogP contribution in [0.5, 0.6) is 0 Å². The van der Waals surface area contributed by atoms with Gasteiger partial charge in [-0.1, -0.05) is 35.9 Å². The number of allylic oxidation sites excluding steroid dienone is 3. The Morgan fingerprint density at radius 2 is 1.75 bits per heavy atom. The number of nitrogens with zero attached hydrogens (tertiary/aromatic N) is 2. The first-order chi connectivity index (χ1) is 9.65. The van der Waals surface area contributed by atoms with Crippen LogP contribution in [0, 0.1) is 0 Å². The van der Waals surface area contributed by atoms with E-state index in [1.165, 1.54) is 18.2 Å². The number of aromatic nitrogens is 2. The highest BCUT2D eigenvalue weighted by Gasteiger charge is 2.16. The van der Waals surface area contributed by atoms with Crippen molar-refractivity contribution in [3.63, 3.8) is 0 Å². The van der Waals surface area contributed by atoms with Crippen LogP contribution in [0.4, 0.5) is 5.82 Å². The highest BCUT2D eigenvalue weighted by molar-refractivity contribution is 6.34. The molecule has 1 aromatic heterocycles. The van der Waals surface area contributed by atoms with Gasteiger partial charge in [-0.3, -0.25) is 9.59 Å². The zero-order chi connectivity index (χ0) is 14.1. The maximum Gasteiger partial charge on any atom is 0.202 e. The molecule has 0 aliphatic heterocycles. The lowest BCUT2D eigenvalue weighted by molar-refractivity contribution is -0.114. The molecule has 1 aliphatic carbocycles. The molecule has 1 heterocycles. The van der Waals surface area contributed by atoms with Crippen LogP contribution >= 0.6 is 11.6 Å². The number of halogens is 1. The molecule has 98 valence electrons. The maximum absolute atomic E-state index is 11.7. The second-order valence-corrected chi connectivity index (χ2v) is 4.53. The molecule has 20 heavy (non-hydrogen) atoms. The molecule has 0 unspecified atom stereocenters. The molecule has 6 heteroatoms. The Labute approximate surface area is 119 Å². The van der Waals surface area contributed by atoms with E-state index < -0.39 is 0 Å². The molecule has 1 aliphatic rings. The minimum Gasteiger partial charge on any atom is -0.335 e. The van der Waals surface area contributed by atoms with Crippen LogP contribution in [0.15, 0.2) is 48.2 Å². The molecule has 0 atom stereocenters. The SMILES string of the molecule is O=C1C=CC(=O)C(Nc2nnc(Cl)c3ccccc23)=C1. The van der Waals surface area contributed by atoms with Crippen LogP contribution in [0.25, 0.3) is 10.8 Å². The number of carbonyl (C=O) groups is 2. The fourth-order valence-corrected chi connectivity index (χ4v) is 2.10. The number of hydrogen-bond donors (Lipinski definition) is 1. The number of anilines is 1. The molecule has 0 spiro atoms. The smallest absolute Gasteiger partial charge is 0.202 e. The molecule has 0 amide bonds. The van der Waals surface area contributed by atoms with Crippen molar-refractivity contribution >= 4 is 39.8 Å². The standard InChI is InChI=1S/C14H8ClN3O2/c15-13-9-3-1-2-4-10(9)14(18-17-13)16-11-7-8(19)5-6-12(11)20/h1-7H,(H,16,18). The van der Waals surface area contributed by atoms with E-state index in [0.29, 0.717) is 5.82 Å². The fraction of sp³-hybridized carbons (Fsp3) is 0. The van der Waals surface area contributed by atoms with Gasteiger partial charge in [-0.05, 0) is 12.2 Å². The molecule has 0 fully saturated rings. The van der Waals surface area contributed by atoms with Crippen LogP contribution in [0.2, 0.25) is 5.15 Å². The monoisotopic (exact) mass is 285 g/mol. The fourth-order valence-electron chi connectivity index (χ4n) is 1.90. The van der Waals surface area contributed by atoms with Gasteiger partial charge in [0, 0.05) is 16.8 Å². The van der Waals surface area contributed by atoms with Gasteiger partial charge in [0.25, 0.3) is 0 Å². The number of rotatable bonds is 2. The quantitative estimate of drug-likeness (QED) is 0.857. The molecule has 5 nitrogen and oxygen atoms in total.